The van der Waals surface area contributed by atoms with Crippen LogP contribution in [0, 0.1) is 5.92 Å². The zero-order valence-corrected chi connectivity index (χ0v) is 15.9. The zero-order valence-electron chi connectivity index (χ0n) is 14.3. The van der Waals surface area contributed by atoms with Gasteiger partial charge in [-0.05, 0) is 73.7 Å². The van der Waals surface area contributed by atoms with Gasteiger partial charge in [0.15, 0.2) is 0 Å². The fraction of sp³-hybridized carbons (Fsp3) is 0.333. The Hall–Kier alpha value is -1.28. The van der Waals surface area contributed by atoms with Gasteiger partial charge in [-0.3, -0.25) is 0 Å². The van der Waals surface area contributed by atoms with Crippen molar-refractivity contribution in [1.29, 1.82) is 0 Å². The van der Waals surface area contributed by atoms with Crippen molar-refractivity contribution in [3.8, 4) is 0 Å². The van der Waals surface area contributed by atoms with Crippen LogP contribution >= 0.6 is 24.0 Å². The third-order valence-corrected chi connectivity index (χ3v) is 4.80. The molecule has 1 aliphatic carbocycles. The summed E-state index contributed by atoms with van der Waals surface area (Å²) in [5, 5.41) is 0.790. The molecule has 0 fully saturated rings. The minimum Gasteiger partial charge on any atom is -0.309 e. The van der Waals surface area contributed by atoms with Crippen LogP contribution in [0.5, 0.6) is 0 Å². The summed E-state index contributed by atoms with van der Waals surface area (Å²) in [6.07, 6.45) is 6.03. The van der Waals surface area contributed by atoms with Gasteiger partial charge in [-0.25, -0.2) is 0 Å². The Labute approximate surface area is 156 Å². The number of halogens is 2. The molecule has 0 aliphatic heterocycles. The average molecular weight is 362 g/mol. The van der Waals surface area contributed by atoms with Gasteiger partial charge in [-0.2, -0.15) is 0 Å². The van der Waals surface area contributed by atoms with Gasteiger partial charge < -0.3 is 4.90 Å². The first kappa shape index (κ1) is 19.1. The molecular formula is C21H25Cl2N. The summed E-state index contributed by atoms with van der Waals surface area (Å²) < 4.78 is 0. The highest BCUT2D eigenvalue weighted by Crippen LogP contribution is 2.36. The number of nitrogens with zero attached hydrogens (tertiary/aromatic N) is 1. The van der Waals surface area contributed by atoms with Gasteiger partial charge in [0.1, 0.15) is 0 Å². The molecule has 128 valence electrons. The van der Waals surface area contributed by atoms with Crippen molar-refractivity contribution in [2.45, 2.75) is 19.3 Å². The lowest BCUT2D eigenvalue weighted by Crippen LogP contribution is -2.22. The van der Waals surface area contributed by atoms with E-state index in [0.29, 0.717) is 5.92 Å². The van der Waals surface area contributed by atoms with Gasteiger partial charge in [-0.15, -0.1) is 12.4 Å². The molecule has 0 aromatic heterocycles. The smallest absolute Gasteiger partial charge is 0.0406 e. The summed E-state index contributed by atoms with van der Waals surface area (Å²) in [7, 11) is 4.33. The van der Waals surface area contributed by atoms with Crippen molar-refractivity contribution in [2.75, 3.05) is 20.6 Å². The average Bonchev–Trinajstić information content (AvgIpc) is 2.69. The summed E-state index contributed by atoms with van der Waals surface area (Å²) in [5.74, 6) is 0.573. The van der Waals surface area contributed by atoms with E-state index in [2.05, 4.69) is 61.5 Å². The highest BCUT2D eigenvalue weighted by molar-refractivity contribution is 6.30. The van der Waals surface area contributed by atoms with E-state index in [-0.39, 0.29) is 12.4 Å². The van der Waals surface area contributed by atoms with E-state index in [4.69, 9.17) is 11.6 Å². The predicted octanol–water partition coefficient (Wildman–Crippen LogP) is 5.82. The number of benzene rings is 2. The maximum Gasteiger partial charge on any atom is 0.0406 e. The summed E-state index contributed by atoms with van der Waals surface area (Å²) in [5.41, 5.74) is 5.60. The minimum atomic E-state index is 0. The van der Waals surface area contributed by atoms with E-state index in [0.717, 1.165) is 11.6 Å². The Morgan fingerprint density at radius 1 is 1.08 bits per heavy atom. The molecule has 2 aromatic carbocycles. The van der Waals surface area contributed by atoms with Crippen molar-refractivity contribution in [3.63, 3.8) is 0 Å². The molecule has 0 bridgehead atoms. The number of fused-ring (bicyclic) bond motifs is 1. The molecule has 0 saturated carbocycles. The van der Waals surface area contributed by atoms with E-state index in [1.807, 2.05) is 12.1 Å². The number of hydrogen-bond donors (Lipinski definition) is 0. The monoisotopic (exact) mass is 361 g/mol. The van der Waals surface area contributed by atoms with Crippen LogP contribution in [0.3, 0.4) is 0 Å². The van der Waals surface area contributed by atoms with E-state index in [1.54, 1.807) is 0 Å². The fourth-order valence-electron chi connectivity index (χ4n) is 3.50. The van der Waals surface area contributed by atoms with Crippen LogP contribution in [0.4, 0.5) is 0 Å². The second-order valence-electron chi connectivity index (χ2n) is 6.66. The maximum atomic E-state index is 6.03. The third kappa shape index (κ3) is 4.63. The standard InChI is InChI=1S/C21H24ClN.ClH/c1-23(2)15-18-8-5-7-17-6-3-4-9-20(17)21(18)14-16-10-12-19(22)13-11-16;/h3-4,6,9-14,18H,5,7-8,15H2,1-2H3;1H/b21-14+;. The maximum absolute atomic E-state index is 6.03. The summed E-state index contributed by atoms with van der Waals surface area (Å²) >= 11 is 6.03. The quantitative estimate of drug-likeness (QED) is 0.622. The lowest BCUT2D eigenvalue weighted by molar-refractivity contribution is 0.353. The number of hydrogen-bond acceptors (Lipinski definition) is 1. The van der Waals surface area contributed by atoms with Crippen LogP contribution in [0.1, 0.15) is 29.5 Å². The molecule has 0 heterocycles. The number of rotatable bonds is 3. The Morgan fingerprint density at radius 3 is 2.50 bits per heavy atom. The largest absolute Gasteiger partial charge is 0.309 e. The van der Waals surface area contributed by atoms with E-state index in [9.17, 15) is 0 Å². The van der Waals surface area contributed by atoms with Crippen molar-refractivity contribution in [3.05, 3.63) is 70.2 Å². The lowest BCUT2D eigenvalue weighted by Gasteiger charge is -2.23. The molecule has 1 atom stereocenters. The van der Waals surface area contributed by atoms with Crippen molar-refractivity contribution >= 4 is 35.7 Å². The molecule has 0 amide bonds. The van der Waals surface area contributed by atoms with Crippen molar-refractivity contribution in [1.82, 2.24) is 4.90 Å². The summed E-state index contributed by atoms with van der Waals surface area (Å²) in [6, 6.07) is 17.0. The van der Waals surface area contributed by atoms with Crippen LogP contribution in [0.15, 0.2) is 48.5 Å². The van der Waals surface area contributed by atoms with Gasteiger partial charge in [0.25, 0.3) is 0 Å². The number of aryl methyl sites for hydroxylation is 1. The van der Waals surface area contributed by atoms with Crippen LogP contribution < -0.4 is 0 Å². The molecule has 3 rings (SSSR count). The second kappa shape index (κ2) is 8.71. The van der Waals surface area contributed by atoms with Crippen LogP contribution in [0.2, 0.25) is 5.02 Å². The highest BCUT2D eigenvalue weighted by atomic mass is 35.5. The Kier molecular flexibility index (Phi) is 6.91. The predicted molar refractivity (Wildman–Crippen MR) is 108 cm³/mol. The van der Waals surface area contributed by atoms with E-state index >= 15 is 0 Å². The van der Waals surface area contributed by atoms with Gasteiger partial charge in [-0.1, -0.05) is 54.1 Å². The summed E-state index contributed by atoms with van der Waals surface area (Å²) in [6.45, 7) is 1.09. The molecule has 3 heteroatoms. The topological polar surface area (TPSA) is 3.24 Å². The second-order valence-corrected chi connectivity index (χ2v) is 7.10. The Morgan fingerprint density at radius 2 is 1.79 bits per heavy atom. The molecule has 0 saturated heterocycles. The molecule has 1 unspecified atom stereocenters. The molecule has 2 aromatic rings. The molecule has 24 heavy (non-hydrogen) atoms. The fourth-order valence-corrected chi connectivity index (χ4v) is 3.62. The lowest BCUT2D eigenvalue weighted by atomic mass is 9.88. The first-order valence-electron chi connectivity index (χ1n) is 8.33. The van der Waals surface area contributed by atoms with Crippen LogP contribution in [0.25, 0.3) is 11.6 Å². The van der Waals surface area contributed by atoms with Gasteiger partial charge in [0.2, 0.25) is 0 Å². The molecule has 0 N–H and O–H groups in total. The first-order chi connectivity index (χ1) is 11.1. The highest BCUT2D eigenvalue weighted by Gasteiger charge is 2.22. The minimum absolute atomic E-state index is 0. The summed E-state index contributed by atoms with van der Waals surface area (Å²) in [4.78, 5) is 2.30. The zero-order chi connectivity index (χ0) is 16.2. The Balaban J connectivity index is 0.00000208. The van der Waals surface area contributed by atoms with Gasteiger partial charge in [0, 0.05) is 11.6 Å². The first-order valence-corrected chi connectivity index (χ1v) is 8.71. The van der Waals surface area contributed by atoms with Gasteiger partial charge >= 0.3 is 0 Å². The van der Waals surface area contributed by atoms with Crippen molar-refractivity contribution < 1.29 is 0 Å². The molecule has 0 radical (unpaired) electrons. The molecule has 1 nitrogen and oxygen atoms in total. The third-order valence-electron chi connectivity index (χ3n) is 4.54. The van der Waals surface area contributed by atoms with E-state index < -0.39 is 0 Å². The van der Waals surface area contributed by atoms with E-state index in [1.165, 1.54) is 41.5 Å². The van der Waals surface area contributed by atoms with Crippen LogP contribution in [-0.4, -0.2) is 25.5 Å². The molecule has 0 spiro atoms. The Bertz CT molecular complexity index is 689. The van der Waals surface area contributed by atoms with Crippen molar-refractivity contribution in [2.24, 2.45) is 5.92 Å². The molecular weight excluding hydrogens is 337 g/mol. The van der Waals surface area contributed by atoms with Crippen LogP contribution in [-0.2, 0) is 6.42 Å². The SMILES string of the molecule is CN(C)CC1CCCc2ccccc2/C1=C/c1ccc(Cl)cc1.Cl. The molecule has 1 aliphatic rings. The normalized spacial score (nSPS) is 18.8. The van der Waals surface area contributed by atoms with Gasteiger partial charge in [0.05, 0.1) is 0 Å².